The zero-order valence-corrected chi connectivity index (χ0v) is 10.9. The third-order valence-electron chi connectivity index (χ3n) is 3.44. The molecule has 1 aromatic heterocycles. The minimum absolute atomic E-state index is 0.114. The predicted molar refractivity (Wildman–Crippen MR) is 65.9 cm³/mol. The topological polar surface area (TPSA) is 36.4 Å². The van der Waals surface area contributed by atoms with Crippen molar-refractivity contribution in [2.24, 2.45) is 0 Å². The van der Waals surface area contributed by atoms with Gasteiger partial charge in [0.05, 0.1) is 17.2 Å². The number of halogens is 3. The maximum atomic E-state index is 12.5. The van der Waals surface area contributed by atoms with Crippen LogP contribution in [0.15, 0.2) is 18.3 Å². The SMILES string of the molecule is CC(C)(O)C1CCCN1c1ccc(C(F)(F)F)cn1. The van der Waals surface area contributed by atoms with Crippen LogP contribution in [0.4, 0.5) is 19.0 Å². The Morgan fingerprint density at radius 1 is 1.32 bits per heavy atom. The van der Waals surface area contributed by atoms with Crippen LogP contribution in [0.3, 0.4) is 0 Å². The van der Waals surface area contributed by atoms with E-state index >= 15 is 0 Å². The van der Waals surface area contributed by atoms with Gasteiger partial charge in [0, 0.05) is 12.7 Å². The van der Waals surface area contributed by atoms with E-state index in [2.05, 4.69) is 4.98 Å². The Balaban J connectivity index is 2.23. The van der Waals surface area contributed by atoms with E-state index in [0.717, 1.165) is 25.1 Å². The third kappa shape index (κ3) is 3.00. The molecule has 2 rings (SSSR count). The Kier molecular flexibility index (Phi) is 3.47. The summed E-state index contributed by atoms with van der Waals surface area (Å²) in [5.74, 6) is 0.484. The fraction of sp³-hybridized carbons (Fsp3) is 0.615. The van der Waals surface area contributed by atoms with E-state index in [4.69, 9.17) is 0 Å². The molecule has 1 atom stereocenters. The largest absolute Gasteiger partial charge is 0.417 e. The molecule has 2 heterocycles. The van der Waals surface area contributed by atoms with Crippen molar-refractivity contribution in [1.29, 1.82) is 0 Å². The Morgan fingerprint density at radius 2 is 2.00 bits per heavy atom. The van der Waals surface area contributed by atoms with Crippen LogP contribution in [0.1, 0.15) is 32.3 Å². The number of alkyl halides is 3. The van der Waals surface area contributed by atoms with Gasteiger partial charge in [-0.05, 0) is 38.8 Å². The summed E-state index contributed by atoms with van der Waals surface area (Å²) in [5.41, 5.74) is -1.66. The monoisotopic (exact) mass is 274 g/mol. The van der Waals surface area contributed by atoms with Crippen molar-refractivity contribution in [2.75, 3.05) is 11.4 Å². The van der Waals surface area contributed by atoms with Crippen LogP contribution in [-0.2, 0) is 6.18 Å². The average molecular weight is 274 g/mol. The summed E-state index contributed by atoms with van der Waals surface area (Å²) in [4.78, 5) is 5.76. The van der Waals surface area contributed by atoms with Crippen LogP contribution < -0.4 is 4.90 Å². The minimum atomic E-state index is -4.37. The molecule has 0 saturated carbocycles. The molecule has 0 aliphatic carbocycles. The van der Waals surface area contributed by atoms with Crippen LogP contribution in [0.2, 0.25) is 0 Å². The second-order valence-corrected chi connectivity index (χ2v) is 5.41. The predicted octanol–water partition coefficient (Wildman–Crippen LogP) is 2.84. The highest BCUT2D eigenvalue weighted by Gasteiger charge is 2.37. The summed E-state index contributed by atoms with van der Waals surface area (Å²) >= 11 is 0. The minimum Gasteiger partial charge on any atom is -0.388 e. The molecule has 1 aliphatic rings. The highest BCUT2D eigenvalue weighted by molar-refractivity contribution is 5.43. The Bertz CT molecular complexity index is 437. The van der Waals surface area contributed by atoms with E-state index in [-0.39, 0.29) is 6.04 Å². The first-order valence-corrected chi connectivity index (χ1v) is 6.22. The van der Waals surface area contributed by atoms with Crippen molar-refractivity contribution in [2.45, 2.75) is 44.5 Å². The zero-order chi connectivity index (χ0) is 14.3. The van der Waals surface area contributed by atoms with Gasteiger partial charge in [0.15, 0.2) is 0 Å². The summed E-state index contributed by atoms with van der Waals surface area (Å²) < 4.78 is 37.4. The molecule has 1 aromatic rings. The number of rotatable bonds is 2. The molecule has 0 spiro atoms. The molecule has 1 N–H and O–H groups in total. The lowest BCUT2D eigenvalue weighted by Crippen LogP contribution is -2.46. The third-order valence-corrected chi connectivity index (χ3v) is 3.44. The first kappa shape index (κ1) is 14.1. The van der Waals surface area contributed by atoms with Gasteiger partial charge in [-0.15, -0.1) is 0 Å². The quantitative estimate of drug-likeness (QED) is 0.901. The van der Waals surface area contributed by atoms with Gasteiger partial charge in [0.2, 0.25) is 0 Å². The Morgan fingerprint density at radius 3 is 2.47 bits per heavy atom. The highest BCUT2D eigenvalue weighted by atomic mass is 19.4. The second kappa shape index (κ2) is 4.67. The molecule has 1 fully saturated rings. The van der Waals surface area contributed by atoms with E-state index in [9.17, 15) is 18.3 Å². The lowest BCUT2D eigenvalue weighted by atomic mass is 9.97. The lowest BCUT2D eigenvalue weighted by molar-refractivity contribution is -0.137. The molecule has 19 heavy (non-hydrogen) atoms. The molecule has 0 bridgehead atoms. The van der Waals surface area contributed by atoms with Crippen LogP contribution in [-0.4, -0.2) is 28.3 Å². The van der Waals surface area contributed by atoms with E-state index in [1.165, 1.54) is 6.07 Å². The first-order valence-electron chi connectivity index (χ1n) is 6.22. The van der Waals surface area contributed by atoms with Crippen molar-refractivity contribution in [3.8, 4) is 0 Å². The van der Waals surface area contributed by atoms with Gasteiger partial charge in [-0.3, -0.25) is 0 Å². The maximum absolute atomic E-state index is 12.5. The van der Waals surface area contributed by atoms with Crippen LogP contribution >= 0.6 is 0 Å². The van der Waals surface area contributed by atoms with E-state index in [1.54, 1.807) is 13.8 Å². The van der Waals surface area contributed by atoms with Crippen LogP contribution in [0.25, 0.3) is 0 Å². The van der Waals surface area contributed by atoms with E-state index in [0.29, 0.717) is 12.4 Å². The number of hydrogen-bond donors (Lipinski definition) is 1. The van der Waals surface area contributed by atoms with E-state index in [1.807, 2.05) is 4.90 Å². The van der Waals surface area contributed by atoms with Gasteiger partial charge in [0.1, 0.15) is 5.82 Å². The highest BCUT2D eigenvalue weighted by Crippen LogP contribution is 2.33. The number of anilines is 1. The molecular formula is C13H17F3N2O. The molecular weight excluding hydrogens is 257 g/mol. The summed E-state index contributed by atoms with van der Waals surface area (Å²) in [6.07, 6.45) is -1.81. The molecule has 0 aromatic carbocycles. The summed E-state index contributed by atoms with van der Waals surface area (Å²) in [7, 11) is 0. The standard InChI is InChI=1S/C13H17F3N2O/c1-12(2,19)10-4-3-7-18(10)11-6-5-9(8-17-11)13(14,15)16/h5-6,8,10,19H,3-4,7H2,1-2H3. The van der Waals surface area contributed by atoms with Crippen molar-refractivity contribution in [3.05, 3.63) is 23.9 Å². The zero-order valence-electron chi connectivity index (χ0n) is 10.9. The van der Waals surface area contributed by atoms with Gasteiger partial charge in [-0.2, -0.15) is 13.2 Å². The normalized spacial score (nSPS) is 20.9. The summed E-state index contributed by atoms with van der Waals surface area (Å²) in [5, 5.41) is 10.1. The van der Waals surface area contributed by atoms with Crippen LogP contribution in [0, 0.1) is 0 Å². The molecule has 6 heteroatoms. The van der Waals surface area contributed by atoms with Gasteiger partial charge in [-0.1, -0.05) is 0 Å². The number of pyridine rings is 1. The lowest BCUT2D eigenvalue weighted by Gasteiger charge is -2.34. The number of aromatic nitrogens is 1. The molecule has 0 radical (unpaired) electrons. The number of aliphatic hydroxyl groups is 1. The molecule has 1 aliphatic heterocycles. The molecule has 1 unspecified atom stereocenters. The first-order chi connectivity index (χ1) is 8.69. The maximum Gasteiger partial charge on any atom is 0.417 e. The summed E-state index contributed by atoms with van der Waals surface area (Å²) in [6.45, 7) is 4.12. The molecule has 3 nitrogen and oxygen atoms in total. The van der Waals surface area contributed by atoms with Crippen molar-refractivity contribution in [3.63, 3.8) is 0 Å². The fourth-order valence-corrected chi connectivity index (χ4v) is 2.50. The average Bonchev–Trinajstić information content (AvgIpc) is 2.76. The molecule has 0 amide bonds. The number of nitrogens with zero attached hydrogens (tertiary/aromatic N) is 2. The van der Waals surface area contributed by atoms with Gasteiger partial charge < -0.3 is 10.0 Å². The second-order valence-electron chi connectivity index (χ2n) is 5.41. The number of hydrogen-bond acceptors (Lipinski definition) is 3. The van der Waals surface area contributed by atoms with Crippen molar-refractivity contribution >= 4 is 5.82 Å². The van der Waals surface area contributed by atoms with Crippen molar-refractivity contribution < 1.29 is 18.3 Å². The smallest absolute Gasteiger partial charge is 0.388 e. The Hall–Kier alpha value is -1.30. The van der Waals surface area contributed by atoms with Crippen molar-refractivity contribution in [1.82, 2.24) is 4.98 Å². The van der Waals surface area contributed by atoms with Crippen LogP contribution in [0.5, 0.6) is 0 Å². The van der Waals surface area contributed by atoms with Gasteiger partial charge >= 0.3 is 6.18 Å². The Labute approximate surface area is 110 Å². The van der Waals surface area contributed by atoms with Gasteiger partial charge in [0.25, 0.3) is 0 Å². The molecule has 1 saturated heterocycles. The summed E-state index contributed by atoms with van der Waals surface area (Å²) in [6, 6.07) is 2.28. The molecule has 106 valence electrons. The van der Waals surface area contributed by atoms with E-state index < -0.39 is 17.3 Å². The van der Waals surface area contributed by atoms with Gasteiger partial charge in [-0.25, -0.2) is 4.98 Å². The fourth-order valence-electron chi connectivity index (χ4n) is 2.50.